The Labute approximate surface area is 257 Å². The van der Waals surface area contributed by atoms with Crippen LogP contribution >= 0.6 is 7.75 Å². The van der Waals surface area contributed by atoms with Crippen LogP contribution in [0.1, 0.15) is 27.0 Å². The van der Waals surface area contributed by atoms with Crippen LogP contribution in [0.15, 0.2) is 53.6 Å². The Kier molecular flexibility index (Phi) is 8.87. The number of esters is 1. The third kappa shape index (κ3) is 6.05. The number of anilines is 1. The molecule has 2 aromatic heterocycles. The van der Waals surface area contributed by atoms with Crippen LogP contribution in [0.4, 0.5) is 23.5 Å². The molecule has 3 heterocycles. The number of nitrogens with one attached hydrogen (secondary N) is 2. The van der Waals surface area contributed by atoms with Crippen LogP contribution in [-0.2, 0) is 23.4 Å². The highest BCUT2D eigenvalue weighted by Crippen LogP contribution is 2.55. The highest BCUT2D eigenvalue weighted by molar-refractivity contribution is 7.52. The number of aromatic amines is 1. The smallest absolute Gasteiger partial charge is 0.459 e. The van der Waals surface area contributed by atoms with Gasteiger partial charge in [-0.3, -0.25) is 23.7 Å². The summed E-state index contributed by atoms with van der Waals surface area (Å²) in [6.07, 6.45) is -9.14. The number of aromatic nitrogens is 4. The number of rotatable bonds is 11. The predicted molar refractivity (Wildman–Crippen MR) is 154 cm³/mol. The average Bonchev–Trinajstić information content (AvgIpc) is 3.48. The number of hydrogen-bond acceptors (Lipinski definition) is 11. The number of nitrogens with zero attached hydrogens (tertiary/aromatic N) is 3. The topological polar surface area (TPSA) is 193 Å². The first-order chi connectivity index (χ1) is 21.6. The second-order valence-electron chi connectivity index (χ2n) is 10.7. The summed E-state index contributed by atoms with van der Waals surface area (Å²) in [6.45, 7) is 2.48. The van der Waals surface area contributed by atoms with Crippen molar-refractivity contribution in [3.63, 3.8) is 0 Å². The number of aliphatic hydroxyl groups excluding tert-OH is 1. The fourth-order valence-corrected chi connectivity index (χ4v) is 6.29. The number of ether oxygens (including phenoxy) is 2. The van der Waals surface area contributed by atoms with E-state index in [2.05, 4.69) is 20.0 Å². The third-order valence-corrected chi connectivity index (χ3v) is 8.69. The van der Waals surface area contributed by atoms with Gasteiger partial charge in [-0.1, -0.05) is 30.3 Å². The van der Waals surface area contributed by atoms with E-state index in [1.165, 1.54) is 19.1 Å². The van der Waals surface area contributed by atoms with E-state index < -0.39 is 85.4 Å². The molecule has 14 nitrogen and oxygen atoms in total. The normalized spacial score (nSPS) is 23.2. The molecule has 19 heteroatoms. The van der Waals surface area contributed by atoms with Gasteiger partial charge in [0.2, 0.25) is 11.5 Å². The van der Waals surface area contributed by atoms with Crippen LogP contribution in [0, 0.1) is 0 Å². The molecule has 1 saturated heterocycles. The monoisotopic (exact) mass is 672 g/mol. The predicted octanol–water partition coefficient (Wildman–Crippen LogP) is 3.52. The van der Waals surface area contributed by atoms with Gasteiger partial charge >= 0.3 is 19.6 Å². The van der Waals surface area contributed by atoms with Crippen LogP contribution in [0.3, 0.4) is 0 Å². The first-order valence-electron chi connectivity index (χ1n) is 13.7. The highest BCUT2D eigenvalue weighted by atomic mass is 31.2. The summed E-state index contributed by atoms with van der Waals surface area (Å²) in [4.78, 5) is 34.3. The fourth-order valence-electron chi connectivity index (χ4n) is 4.77. The van der Waals surface area contributed by atoms with E-state index >= 15 is 8.78 Å². The SMILES string of the molecule is CC(C)OC(=O)[C@H](C)NP(=O)(OC[C@@]1(C(F)F)O[C@@H](n2cnc3c(=O)[nH]c(N)nc32)[C@H](O)C1(F)F)Oc1ccc2ccccc2c1. The second-order valence-corrected chi connectivity index (χ2v) is 12.4. The van der Waals surface area contributed by atoms with E-state index in [0.29, 0.717) is 9.95 Å². The number of nitrogens with two attached hydrogens (primary N) is 1. The number of benzene rings is 2. The van der Waals surface area contributed by atoms with Crippen molar-refractivity contribution in [1.29, 1.82) is 0 Å². The van der Waals surface area contributed by atoms with E-state index in [1.807, 2.05) is 0 Å². The minimum Gasteiger partial charge on any atom is -0.462 e. The lowest BCUT2D eigenvalue weighted by Gasteiger charge is -2.34. The Morgan fingerprint density at radius 2 is 1.91 bits per heavy atom. The number of aliphatic hydroxyl groups is 1. The summed E-state index contributed by atoms with van der Waals surface area (Å²) >= 11 is 0. The zero-order chi connectivity index (χ0) is 33.6. The fraction of sp³-hybridized carbons (Fsp3) is 0.407. The molecule has 0 bridgehead atoms. The van der Waals surface area contributed by atoms with Crippen molar-refractivity contribution < 1.29 is 50.5 Å². The van der Waals surface area contributed by atoms with E-state index in [4.69, 9.17) is 24.3 Å². The van der Waals surface area contributed by atoms with Crippen molar-refractivity contribution in [1.82, 2.24) is 24.6 Å². The highest BCUT2D eigenvalue weighted by Gasteiger charge is 2.74. The number of imidazole rings is 1. The first-order valence-corrected chi connectivity index (χ1v) is 15.3. The summed E-state index contributed by atoms with van der Waals surface area (Å²) in [5.74, 6) is -6.28. The molecule has 248 valence electrons. The lowest BCUT2D eigenvalue weighted by atomic mass is 9.95. The summed E-state index contributed by atoms with van der Waals surface area (Å²) in [5, 5.41) is 14.2. The molecule has 0 aliphatic carbocycles. The van der Waals surface area contributed by atoms with Gasteiger partial charge < -0.3 is 24.8 Å². The van der Waals surface area contributed by atoms with Crippen molar-refractivity contribution in [3.05, 3.63) is 59.1 Å². The molecule has 1 aliphatic heterocycles. The van der Waals surface area contributed by atoms with E-state index in [0.717, 1.165) is 11.7 Å². The number of alkyl halides is 4. The van der Waals surface area contributed by atoms with Crippen LogP contribution < -0.4 is 20.9 Å². The maximum Gasteiger partial charge on any atom is 0.459 e. The van der Waals surface area contributed by atoms with E-state index in [1.54, 1.807) is 44.2 Å². The number of carbonyl (C=O) groups is 1. The number of halogens is 4. The number of hydrogen-bond donors (Lipinski definition) is 4. The number of carbonyl (C=O) groups excluding carboxylic acids is 1. The quantitative estimate of drug-likeness (QED) is 0.103. The molecule has 46 heavy (non-hydrogen) atoms. The number of fused-ring (bicyclic) bond motifs is 2. The molecular formula is C27H29F4N6O8P. The lowest BCUT2D eigenvalue weighted by Crippen LogP contribution is -2.57. The summed E-state index contributed by atoms with van der Waals surface area (Å²) in [6, 6.07) is 9.89. The standard InChI is InChI=1S/C27H29F4N6O8P/c1-13(2)43-23(40)14(3)36-46(41,45-17-9-8-15-6-4-5-7-16(15)10-17)42-11-26(24(28)29)27(30,31)19(38)22(44-26)37-12-33-18-20(37)34-25(32)35-21(18)39/h4-10,12-14,19,22,24,38H,11H2,1-3H3,(H,36,41)(H3,32,34,35,39)/t14-,19-,22+,26-,46?/m0/s1. The van der Waals surface area contributed by atoms with Gasteiger partial charge in [-0.05, 0) is 43.7 Å². The summed E-state index contributed by atoms with van der Waals surface area (Å²) < 4.78 is 96.4. The van der Waals surface area contributed by atoms with Crippen molar-refractivity contribution in [2.75, 3.05) is 12.3 Å². The van der Waals surface area contributed by atoms with Crippen LogP contribution in [0.2, 0.25) is 0 Å². The van der Waals surface area contributed by atoms with Crippen LogP contribution in [-0.4, -0.2) is 73.4 Å². The maximum atomic E-state index is 15.7. The van der Waals surface area contributed by atoms with Crippen molar-refractivity contribution in [3.8, 4) is 5.75 Å². The molecule has 1 unspecified atom stereocenters. The van der Waals surface area contributed by atoms with Gasteiger partial charge in [-0.2, -0.15) is 18.9 Å². The molecule has 4 aromatic rings. The Bertz CT molecular complexity index is 1870. The molecule has 0 saturated carbocycles. The molecule has 1 aliphatic rings. The summed E-state index contributed by atoms with van der Waals surface area (Å²) in [5.41, 5.74) is -0.125. The zero-order valence-electron chi connectivity index (χ0n) is 24.4. The number of H-pyrrole nitrogens is 1. The van der Waals surface area contributed by atoms with Gasteiger partial charge in [-0.15, -0.1) is 0 Å². The molecule has 0 spiro atoms. The Balaban J connectivity index is 1.49. The molecule has 0 amide bonds. The summed E-state index contributed by atoms with van der Waals surface area (Å²) in [7, 11) is -4.99. The van der Waals surface area contributed by atoms with E-state index in [-0.39, 0.29) is 5.75 Å². The van der Waals surface area contributed by atoms with Crippen molar-refractivity contribution >= 4 is 41.6 Å². The molecule has 5 rings (SSSR count). The lowest BCUT2D eigenvalue weighted by molar-refractivity contribution is -0.241. The molecule has 0 radical (unpaired) electrons. The van der Waals surface area contributed by atoms with Crippen molar-refractivity contribution in [2.45, 2.75) is 63.2 Å². The number of nitrogen functional groups attached to an aromatic ring is 1. The van der Waals surface area contributed by atoms with Gasteiger partial charge in [0.25, 0.3) is 12.0 Å². The first kappa shape index (κ1) is 33.3. The zero-order valence-corrected chi connectivity index (χ0v) is 25.3. The second kappa shape index (κ2) is 12.3. The van der Waals surface area contributed by atoms with Gasteiger partial charge in [0, 0.05) is 0 Å². The van der Waals surface area contributed by atoms with E-state index in [9.17, 15) is 28.0 Å². The minimum absolute atomic E-state index is 0.124. The minimum atomic E-state index is -4.99. The Morgan fingerprint density at radius 1 is 1.22 bits per heavy atom. The molecule has 5 atom stereocenters. The van der Waals surface area contributed by atoms with Gasteiger partial charge in [0.1, 0.15) is 11.8 Å². The van der Waals surface area contributed by atoms with Gasteiger partial charge in [0.05, 0.1) is 19.0 Å². The van der Waals surface area contributed by atoms with Crippen LogP contribution in [0.5, 0.6) is 5.75 Å². The Morgan fingerprint density at radius 3 is 2.59 bits per heavy atom. The van der Waals surface area contributed by atoms with Crippen molar-refractivity contribution in [2.24, 2.45) is 0 Å². The van der Waals surface area contributed by atoms with Crippen LogP contribution in [0.25, 0.3) is 21.9 Å². The maximum absolute atomic E-state index is 15.7. The Hall–Kier alpha value is -4.09. The van der Waals surface area contributed by atoms with Gasteiger partial charge in [0.15, 0.2) is 23.5 Å². The van der Waals surface area contributed by atoms with Gasteiger partial charge in [-0.25, -0.2) is 18.3 Å². The average molecular weight is 673 g/mol. The molecular weight excluding hydrogens is 643 g/mol. The molecule has 2 aromatic carbocycles. The molecule has 5 N–H and O–H groups in total. The molecule has 1 fully saturated rings. The largest absolute Gasteiger partial charge is 0.462 e. The third-order valence-electron chi connectivity index (χ3n) is 7.07.